The van der Waals surface area contributed by atoms with Crippen LogP contribution < -0.4 is 0 Å². The molecule has 0 aliphatic heterocycles. The molecule has 62 heavy (non-hydrogen) atoms. The van der Waals surface area contributed by atoms with Crippen molar-refractivity contribution in [1.29, 1.82) is 0 Å². The molecule has 0 saturated carbocycles. The van der Waals surface area contributed by atoms with Crippen molar-refractivity contribution in [2.75, 3.05) is 14.2 Å². The molecule has 10 heteroatoms. The first kappa shape index (κ1) is 50.1. The number of hydrogen-bond donors (Lipinski definition) is 2. The summed E-state index contributed by atoms with van der Waals surface area (Å²) in [6, 6.07) is 62.8. The summed E-state index contributed by atoms with van der Waals surface area (Å²) >= 11 is 0. The summed E-state index contributed by atoms with van der Waals surface area (Å²) in [5.74, 6) is 0. The van der Waals surface area contributed by atoms with E-state index in [-0.39, 0.29) is 40.2 Å². The molecule has 8 nitrogen and oxygen atoms in total. The zero-order valence-electron chi connectivity index (χ0n) is 34.6. The van der Waals surface area contributed by atoms with Crippen molar-refractivity contribution in [3.8, 4) is 45.0 Å². The Balaban J connectivity index is 0.000000213. The van der Waals surface area contributed by atoms with Gasteiger partial charge in [-0.2, -0.15) is 0 Å². The van der Waals surface area contributed by atoms with Gasteiger partial charge in [-0.1, -0.05) is 54.6 Å². The number of nitrogens with zero attached hydrogens (tertiary/aromatic N) is 4. The van der Waals surface area contributed by atoms with Crippen LogP contribution in [0.3, 0.4) is 0 Å². The maximum absolute atomic E-state index is 7.00. The smallest absolute Gasteiger partial charge is 0.137 e. The first-order valence-corrected chi connectivity index (χ1v) is 19.0. The Kier molecular flexibility index (Phi) is 22.3. The van der Waals surface area contributed by atoms with Gasteiger partial charge in [-0.15, -0.1) is 108 Å². The molecule has 0 atom stereocenters. The SMILES string of the molecule is CO.CO.Cc1cccc(-c2[c-]cccc2)n1.Cc1cccc(-c2[c-]cccc2)n1.[Ir].[Ir].[c-]1ccccc1-c1nccc2occc12.c1ccc(-c2nccc3occc23)cc1. The van der Waals surface area contributed by atoms with Gasteiger partial charge >= 0.3 is 0 Å². The summed E-state index contributed by atoms with van der Waals surface area (Å²) in [6.07, 6.45) is 6.90. The third kappa shape index (κ3) is 14.5. The fraction of sp³-hybridized carbons (Fsp3) is 0.0769. The summed E-state index contributed by atoms with van der Waals surface area (Å²) in [5.41, 5.74) is 11.9. The molecule has 0 spiro atoms. The van der Waals surface area contributed by atoms with E-state index in [2.05, 4.69) is 50.3 Å². The van der Waals surface area contributed by atoms with Crippen molar-refractivity contribution < 1.29 is 59.3 Å². The summed E-state index contributed by atoms with van der Waals surface area (Å²) in [4.78, 5) is 17.6. The average Bonchev–Trinajstić information content (AvgIpc) is 4.03. The Hall–Kier alpha value is -6.22. The molecule has 318 valence electrons. The number of hydrogen-bond acceptors (Lipinski definition) is 8. The van der Waals surface area contributed by atoms with Gasteiger partial charge in [-0.25, -0.2) is 0 Å². The van der Waals surface area contributed by atoms with E-state index in [0.29, 0.717) is 0 Å². The van der Waals surface area contributed by atoms with E-state index in [9.17, 15) is 0 Å². The van der Waals surface area contributed by atoms with Gasteiger partial charge in [-0.05, 0) is 67.3 Å². The van der Waals surface area contributed by atoms with E-state index in [0.717, 1.165) is 92.6 Å². The van der Waals surface area contributed by atoms with Crippen LogP contribution in [0.1, 0.15) is 11.4 Å². The second-order valence-corrected chi connectivity index (χ2v) is 12.5. The Morgan fingerprint density at radius 1 is 0.419 bits per heavy atom. The molecule has 0 bridgehead atoms. The first-order chi connectivity index (χ1) is 29.6. The molecule has 0 aliphatic carbocycles. The van der Waals surface area contributed by atoms with Crippen molar-refractivity contribution in [1.82, 2.24) is 19.9 Å². The monoisotopic (exact) mass is 1180 g/mol. The van der Waals surface area contributed by atoms with Gasteiger partial charge < -0.3 is 34.0 Å². The van der Waals surface area contributed by atoms with Crippen LogP contribution in [0.15, 0.2) is 198 Å². The predicted molar refractivity (Wildman–Crippen MR) is 241 cm³/mol. The molecule has 10 aromatic rings. The summed E-state index contributed by atoms with van der Waals surface area (Å²) in [6.45, 7) is 3.98. The number of aliphatic hydroxyl groups excluding tert-OH is 2. The van der Waals surface area contributed by atoms with Crippen LogP contribution in [0.2, 0.25) is 0 Å². The molecule has 0 aliphatic rings. The van der Waals surface area contributed by atoms with Crippen molar-refractivity contribution in [2.45, 2.75) is 13.8 Å². The van der Waals surface area contributed by atoms with Crippen LogP contribution in [0.4, 0.5) is 0 Å². The number of benzene rings is 4. The summed E-state index contributed by atoms with van der Waals surface area (Å²) < 4.78 is 10.7. The van der Waals surface area contributed by atoms with E-state index in [4.69, 9.17) is 19.0 Å². The van der Waals surface area contributed by atoms with Crippen molar-refractivity contribution >= 4 is 21.9 Å². The molecule has 0 unspecified atom stereocenters. The molecular formula is C52H45Ir2N4O4-3. The van der Waals surface area contributed by atoms with Crippen LogP contribution in [0.25, 0.3) is 67.0 Å². The minimum atomic E-state index is 0. The van der Waals surface area contributed by atoms with Crippen LogP contribution in [-0.4, -0.2) is 44.4 Å². The number of fused-ring (bicyclic) bond motifs is 2. The second kappa shape index (κ2) is 27.6. The molecule has 0 saturated heterocycles. The van der Waals surface area contributed by atoms with Crippen LogP contribution >= 0.6 is 0 Å². The molecule has 0 amide bonds. The van der Waals surface area contributed by atoms with Crippen molar-refractivity contribution in [3.05, 3.63) is 218 Å². The third-order valence-electron chi connectivity index (χ3n) is 8.52. The normalized spacial score (nSPS) is 9.52. The number of aryl methyl sites for hydroxylation is 2. The largest absolute Gasteiger partial charge is 0.465 e. The van der Waals surface area contributed by atoms with Gasteiger partial charge in [0.2, 0.25) is 0 Å². The van der Waals surface area contributed by atoms with Gasteiger partial charge in [0.15, 0.2) is 0 Å². The predicted octanol–water partition coefficient (Wildman–Crippen LogP) is 11.7. The first-order valence-electron chi connectivity index (χ1n) is 19.0. The fourth-order valence-electron chi connectivity index (χ4n) is 5.86. The topological polar surface area (TPSA) is 118 Å². The molecule has 4 aromatic carbocycles. The Morgan fingerprint density at radius 3 is 1.27 bits per heavy atom. The van der Waals surface area contributed by atoms with E-state index in [1.807, 2.05) is 166 Å². The van der Waals surface area contributed by atoms with Gasteiger partial charge in [0, 0.05) is 94.5 Å². The zero-order chi connectivity index (χ0) is 42.4. The van der Waals surface area contributed by atoms with Gasteiger partial charge in [0.25, 0.3) is 0 Å². The number of rotatable bonds is 4. The maximum Gasteiger partial charge on any atom is 0.137 e. The fourth-order valence-corrected chi connectivity index (χ4v) is 5.86. The van der Waals surface area contributed by atoms with Crippen LogP contribution in [0, 0.1) is 32.0 Å². The van der Waals surface area contributed by atoms with E-state index in [1.54, 1.807) is 24.9 Å². The van der Waals surface area contributed by atoms with Crippen molar-refractivity contribution in [3.63, 3.8) is 0 Å². The molecular weight excluding hydrogens is 1130 g/mol. The number of aliphatic hydroxyl groups is 2. The van der Waals surface area contributed by atoms with Gasteiger partial charge in [0.05, 0.1) is 18.2 Å². The average molecular weight is 1170 g/mol. The zero-order valence-corrected chi connectivity index (χ0v) is 39.4. The molecule has 2 radical (unpaired) electrons. The Labute approximate surface area is 390 Å². The minimum absolute atomic E-state index is 0. The maximum atomic E-state index is 7.00. The summed E-state index contributed by atoms with van der Waals surface area (Å²) in [7, 11) is 2.00. The second-order valence-electron chi connectivity index (χ2n) is 12.5. The van der Waals surface area contributed by atoms with E-state index >= 15 is 0 Å². The quantitative estimate of drug-likeness (QED) is 0.167. The summed E-state index contributed by atoms with van der Waals surface area (Å²) in [5, 5.41) is 16.1. The number of pyridine rings is 4. The van der Waals surface area contributed by atoms with E-state index < -0.39 is 0 Å². The third-order valence-corrected chi connectivity index (χ3v) is 8.52. The van der Waals surface area contributed by atoms with Crippen LogP contribution in [0.5, 0.6) is 0 Å². The Bertz CT molecular complexity index is 2540. The number of aromatic nitrogens is 4. The molecule has 0 fully saturated rings. The number of furan rings is 2. The molecule has 2 N–H and O–H groups in total. The molecule has 6 aromatic heterocycles. The Morgan fingerprint density at radius 2 is 0.839 bits per heavy atom. The van der Waals surface area contributed by atoms with Crippen LogP contribution in [-0.2, 0) is 40.2 Å². The van der Waals surface area contributed by atoms with Gasteiger partial charge in [0.1, 0.15) is 11.2 Å². The van der Waals surface area contributed by atoms with Crippen molar-refractivity contribution in [2.24, 2.45) is 0 Å². The molecule has 6 heterocycles. The minimum Gasteiger partial charge on any atom is -0.465 e. The standard InChI is InChI=1S/C13H9NO.C13H8NO.2C12H10N.2CH4O.2Ir/c2*1-2-4-10(5-3-1)13-11-7-9-15-12(11)6-8-14-13;2*1-10-6-5-9-12(13-10)11-7-3-2-4-8-11;2*1-2;;/h1-9H;1-4,6-9H;2*2-7,9H,1H3;2*2H,1H3;;/q;3*-1;;;;. The van der Waals surface area contributed by atoms with Gasteiger partial charge in [-0.3, -0.25) is 4.98 Å². The molecule has 10 rings (SSSR count). The van der Waals surface area contributed by atoms with E-state index in [1.165, 1.54) is 0 Å².